The van der Waals surface area contributed by atoms with Gasteiger partial charge in [-0.1, -0.05) is 48.6 Å². The molecule has 0 saturated heterocycles. The van der Waals surface area contributed by atoms with Crippen molar-refractivity contribution in [3.63, 3.8) is 0 Å². The van der Waals surface area contributed by atoms with Crippen molar-refractivity contribution in [3.8, 4) is 10.6 Å². The number of urea groups is 1. The number of nitrogens with zero attached hydrogens (tertiary/aromatic N) is 3. The van der Waals surface area contributed by atoms with E-state index in [1.54, 1.807) is 14.0 Å². The fourth-order valence-electron chi connectivity index (χ4n) is 1.88. The summed E-state index contributed by atoms with van der Waals surface area (Å²) >= 11 is 1.41. The highest BCUT2D eigenvalue weighted by molar-refractivity contribution is 7.14. The van der Waals surface area contributed by atoms with Gasteiger partial charge in [0.2, 0.25) is 0 Å². The quantitative estimate of drug-likeness (QED) is 0.843. The maximum Gasteiger partial charge on any atom is 0.317 e. The molecular weight excluding hydrogens is 316 g/mol. The van der Waals surface area contributed by atoms with Gasteiger partial charge in [0.1, 0.15) is 10.0 Å². The number of carbonyl (C=O) groups is 2. The van der Waals surface area contributed by atoms with Crippen LogP contribution < -0.4 is 5.32 Å². The molecule has 0 aliphatic carbocycles. The molecule has 0 aliphatic heterocycles. The maximum absolute atomic E-state index is 11.9. The molecule has 0 radical (unpaired) electrons. The number of carboxylic acid groups (broad SMARTS) is 1. The number of carbonyl (C=O) groups excluding carboxylic acids is 1. The fraction of sp³-hybridized carbons (Fsp3) is 0.333. The lowest BCUT2D eigenvalue weighted by Crippen LogP contribution is -2.40. The normalized spacial score (nSPS) is 11.7. The van der Waals surface area contributed by atoms with Crippen molar-refractivity contribution >= 4 is 23.3 Å². The van der Waals surface area contributed by atoms with Crippen molar-refractivity contribution in [2.75, 3.05) is 13.6 Å². The summed E-state index contributed by atoms with van der Waals surface area (Å²) < 4.78 is 0. The van der Waals surface area contributed by atoms with Crippen LogP contribution in [0.1, 0.15) is 11.9 Å². The molecule has 23 heavy (non-hydrogen) atoms. The van der Waals surface area contributed by atoms with Crippen LogP contribution in [-0.2, 0) is 11.3 Å². The van der Waals surface area contributed by atoms with E-state index in [4.69, 9.17) is 5.11 Å². The predicted molar refractivity (Wildman–Crippen MR) is 87.0 cm³/mol. The molecule has 0 bridgehead atoms. The van der Waals surface area contributed by atoms with Crippen molar-refractivity contribution < 1.29 is 14.7 Å². The van der Waals surface area contributed by atoms with Crippen LogP contribution >= 0.6 is 11.3 Å². The molecule has 2 rings (SSSR count). The first kappa shape index (κ1) is 16.9. The molecule has 122 valence electrons. The highest BCUT2D eigenvalue weighted by Gasteiger charge is 2.17. The molecule has 0 fully saturated rings. The molecule has 7 nitrogen and oxygen atoms in total. The number of benzene rings is 1. The molecule has 1 atom stereocenters. The van der Waals surface area contributed by atoms with E-state index < -0.39 is 11.9 Å². The van der Waals surface area contributed by atoms with E-state index >= 15 is 0 Å². The monoisotopic (exact) mass is 334 g/mol. The SMILES string of the molecule is CC(CN(C)C(=O)NCc1nnc(-c2ccccc2)s1)C(=O)O. The number of rotatable bonds is 6. The zero-order chi connectivity index (χ0) is 16.8. The molecule has 0 aliphatic rings. The zero-order valence-electron chi connectivity index (χ0n) is 12.9. The van der Waals surface area contributed by atoms with Gasteiger partial charge in [-0.05, 0) is 0 Å². The molecule has 2 amide bonds. The molecule has 8 heteroatoms. The minimum atomic E-state index is -0.929. The number of aliphatic carboxylic acids is 1. The van der Waals surface area contributed by atoms with E-state index in [1.165, 1.54) is 16.2 Å². The second kappa shape index (κ2) is 7.68. The average Bonchev–Trinajstić information content (AvgIpc) is 3.02. The van der Waals surface area contributed by atoms with Gasteiger partial charge in [-0.3, -0.25) is 4.79 Å². The van der Waals surface area contributed by atoms with Crippen LogP contribution in [-0.4, -0.2) is 45.8 Å². The van der Waals surface area contributed by atoms with Crippen LogP contribution in [0.5, 0.6) is 0 Å². The van der Waals surface area contributed by atoms with Gasteiger partial charge in [0.15, 0.2) is 0 Å². The summed E-state index contributed by atoms with van der Waals surface area (Å²) in [6.45, 7) is 1.96. The lowest BCUT2D eigenvalue weighted by molar-refractivity contribution is -0.141. The van der Waals surface area contributed by atoms with Gasteiger partial charge >= 0.3 is 12.0 Å². The molecule has 1 heterocycles. The smallest absolute Gasteiger partial charge is 0.317 e. The van der Waals surface area contributed by atoms with Gasteiger partial charge in [-0.2, -0.15) is 0 Å². The average molecular weight is 334 g/mol. The van der Waals surface area contributed by atoms with Gasteiger partial charge in [0, 0.05) is 19.2 Å². The second-order valence-electron chi connectivity index (χ2n) is 5.15. The Balaban J connectivity index is 1.87. The van der Waals surface area contributed by atoms with Gasteiger partial charge in [-0.25, -0.2) is 4.79 Å². The number of carboxylic acids is 1. The number of nitrogens with one attached hydrogen (secondary N) is 1. The summed E-state index contributed by atoms with van der Waals surface area (Å²) in [6.07, 6.45) is 0. The summed E-state index contributed by atoms with van der Waals surface area (Å²) in [4.78, 5) is 24.1. The van der Waals surface area contributed by atoms with Crippen LogP contribution in [0.4, 0.5) is 4.79 Å². The molecule has 2 aromatic rings. The number of hydrogen-bond donors (Lipinski definition) is 2. The van der Waals surface area contributed by atoms with E-state index in [9.17, 15) is 9.59 Å². The molecule has 0 spiro atoms. The van der Waals surface area contributed by atoms with Gasteiger partial charge < -0.3 is 15.3 Å². The topological polar surface area (TPSA) is 95.4 Å². The van der Waals surface area contributed by atoms with E-state index in [0.29, 0.717) is 5.01 Å². The Bertz CT molecular complexity index is 674. The van der Waals surface area contributed by atoms with E-state index in [2.05, 4.69) is 15.5 Å². The maximum atomic E-state index is 11.9. The van der Waals surface area contributed by atoms with Gasteiger partial charge in [0.25, 0.3) is 0 Å². The first-order chi connectivity index (χ1) is 11.0. The molecule has 1 aromatic carbocycles. The second-order valence-corrected chi connectivity index (χ2v) is 6.21. The summed E-state index contributed by atoms with van der Waals surface area (Å²) in [5.41, 5.74) is 0.981. The Labute approximate surface area is 138 Å². The van der Waals surface area contributed by atoms with Crippen LogP contribution in [0.25, 0.3) is 10.6 Å². The van der Waals surface area contributed by atoms with Gasteiger partial charge in [0.05, 0.1) is 12.5 Å². The summed E-state index contributed by atoms with van der Waals surface area (Å²) in [6, 6.07) is 9.34. The van der Waals surface area contributed by atoms with Crippen molar-refractivity contribution in [2.45, 2.75) is 13.5 Å². The number of hydrogen-bond acceptors (Lipinski definition) is 5. The van der Waals surface area contributed by atoms with E-state index in [1.807, 2.05) is 30.3 Å². The molecule has 1 aromatic heterocycles. The molecular formula is C15H18N4O3S. The first-order valence-corrected chi connectivity index (χ1v) is 7.88. The highest BCUT2D eigenvalue weighted by Crippen LogP contribution is 2.22. The van der Waals surface area contributed by atoms with Crippen molar-refractivity contribution in [1.29, 1.82) is 0 Å². The van der Waals surface area contributed by atoms with Gasteiger partial charge in [-0.15, -0.1) is 10.2 Å². The minimum absolute atomic E-state index is 0.145. The third-order valence-corrected chi connectivity index (χ3v) is 4.17. The number of aromatic nitrogens is 2. The van der Waals surface area contributed by atoms with Crippen LogP contribution in [0.3, 0.4) is 0 Å². The van der Waals surface area contributed by atoms with Crippen LogP contribution in [0.2, 0.25) is 0 Å². The fourth-order valence-corrected chi connectivity index (χ4v) is 2.67. The zero-order valence-corrected chi connectivity index (χ0v) is 13.7. The molecule has 0 saturated carbocycles. The summed E-state index contributed by atoms with van der Waals surface area (Å²) in [5.74, 6) is -1.54. The summed E-state index contributed by atoms with van der Waals surface area (Å²) in [7, 11) is 1.56. The van der Waals surface area contributed by atoms with Crippen LogP contribution in [0.15, 0.2) is 30.3 Å². The van der Waals surface area contributed by atoms with Crippen LogP contribution in [0, 0.1) is 5.92 Å². The largest absolute Gasteiger partial charge is 0.481 e. The number of amides is 2. The Hall–Kier alpha value is -2.48. The third-order valence-electron chi connectivity index (χ3n) is 3.19. The standard InChI is InChI=1S/C15H18N4O3S/c1-10(14(20)21)9-19(2)15(22)16-8-12-17-18-13(23-12)11-6-4-3-5-7-11/h3-7,10H,8-9H2,1-2H3,(H,16,22)(H,20,21). The van der Waals surface area contributed by atoms with Crippen molar-refractivity contribution in [2.24, 2.45) is 5.92 Å². The van der Waals surface area contributed by atoms with Crippen molar-refractivity contribution in [3.05, 3.63) is 35.3 Å². The Kier molecular flexibility index (Phi) is 5.64. The Morgan fingerprint density at radius 3 is 2.65 bits per heavy atom. The minimum Gasteiger partial charge on any atom is -0.481 e. The third kappa shape index (κ3) is 4.75. The van der Waals surface area contributed by atoms with E-state index in [0.717, 1.165) is 10.6 Å². The lowest BCUT2D eigenvalue weighted by atomic mass is 10.2. The first-order valence-electron chi connectivity index (χ1n) is 7.07. The Morgan fingerprint density at radius 1 is 1.30 bits per heavy atom. The molecule has 1 unspecified atom stereocenters. The lowest BCUT2D eigenvalue weighted by Gasteiger charge is -2.19. The summed E-state index contributed by atoms with van der Waals surface area (Å²) in [5, 5.41) is 21.2. The highest BCUT2D eigenvalue weighted by atomic mass is 32.1. The molecule has 2 N–H and O–H groups in total. The van der Waals surface area contributed by atoms with E-state index in [-0.39, 0.29) is 19.1 Å². The Morgan fingerprint density at radius 2 is 2.00 bits per heavy atom. The predicted octanol–water partition coefficient (Wildman–Crippen LogP) is 2.07. The van der Waals surface area contributed by atoms with Crippen molar-refractivity contribution in [1.82, 2.24) is 20.4 Å².